The van der Waals surface area contributed by atoms with Gasteiger partial charge in [-0.2, -0.15) is 13.2 Å². The lowest BCUT2D eigenvalue weighted by Crippen LogP contribution is -2.55. The second-order valence-electron chi connectivity index (χ2n) is 7.86. The molecule has 2 aromatic rings. The fourth-order valence-corrected chi connectivity index (χ4v) is 3.69. The number of nitrogens with zero attached hydrogens (tertiary/aromatic N) is 3. The van der Waals surface area contributed by atoms with E-state index in [-0.39, 0.29) is 0 Å². The third-order valence-corrected chi connectivity index (χ3v) is 5.26. The molecule has 0 unspecified atom stereocenters. The molecule has 8 nitrogen and oxygen atoms in total. The van der Waals surface area contributed by atoms with E-state index in [1.54, 1.807) is 17.6 Å². The van der Waals surface area contributed by atoms with E-state index in [1.165, 1.54) is 11.1 Å². The monoisotopic (exact) mass is 468 g/mol. The smallest absolute Gasteiger partial charge is 0.475 e. The molecule has 0 bridgehead atoms. The number of halogens is 3. The summed E-state index contributed by atoms with van der Waals surface area (Å²) in [6.45, 7) is 8.38. The second-order valence-corrected chi connectivity index (χ2v) is 7.86. The molecule has 3 N–H and O–H groups in total. The SMILES string of the molecule is C[C@@H]1CN(Cc2ccc(C(=O)NO)cc2)C[C@H](C)N1Cc1ccncc1.O=C(O)C(F)(F)F. The number of hydrogen-bond donors (Lipinski definition) is 3. The highest BCUT2D eigenvalue weighted by Gasteiger charge is 2.38. The van der Waals surface area contributed by atoms with Crippen LogP contribution in [0.5, 0.6) is 0 Å². The van der Waals surface area contributed by atoms with Crippen LogP contribution < -0.4 is 5.48 Å². The number of carbonyl (C=O) groups excluding carboxylic acids is 1. The first-order valence-corrected chi connectivity index (χ1v) is 10.2. The molecule has 0 spiro atoms. The van der Waals surface area contributed by atoms with Gasteiger partial charge in [-0.3, -0.25) is 24.8 Å². The molecular formula is C22H27F3N4O4. The zero-order valence-corrected chi connectivity index (χ0v) is 18.3. The number of nitrogens with one attached hydrogen (secondary N) is 1. The number of pyridine rings is 1. The van der Waals surface area contributed by atoms with Crippen LogP contribution in [-0.2, 0) is 17.9 Å². The molecule has 1 aliphatic heterocycles. The molecule has 1 amide bonds. The standard InChI is InChI=1S/C20H26N4O2.C2HF3O2/c1-15-11-23(13-17-3-5-19(6-4-17)20(25)22-26)12-16(2)24(15)14-18-7-9-21-10-8-18;3-2(4,5)1(6)7/h3-10,15-16,26H,11-14H2,1-2H3,(H,22,25);(H,6,7)/t15-,16+;. The van der Waals surface area contributed by atoms with Crippen molar-refractivity contribution in [1.82, 2.24) is 20.3 Å². The summed E-state index contributed by atoms with van der Waals surface area (Å²) in [7, 11) is 0. The fraction of sp³-hybridized carbons (Fsp3) is 0.409. The van der Waals surface area contributed by atoms with Gasteiger partial charge in [0.05, 0.1) is 0 Å². The van der Waals surface area contributed by atoms with Gasteiger partial charge in [0.1, 0.15) is 0 Å². The number of carboxylic acids is 1. The third-order valence-electron chi connectivity index (χ3n) is 5.26. The number of piperazine rings is 1. The summed E-state index contributed by atoms with van der Waals surface area (Å²) < 4.78 is 31.7. The number of aromatic nitrogens is 1. The van der Waals surface area contributed by atoms with Crippen LogP contribution in [0.2, 0.25) is 0 Å². The maximum atomic E-state index is 11.4. The molecule has 1 aliphatic rings. The number of benzene rings is 1. The summed E-state index contributed by atoms with van der Waals surface area (Å²) in [6.07, 6.45) is -1.39. The third kappa shape index (κ3) is 8.12. The Labute approximate surface area is 189 Å². The number of alkyl halides is 3. The molecule has 0 saturated carbocycles. The number of rotatable bonds is 5. The molecule has 1 saturated heterocycles. The molecule has 1 aromatic heterocycles. The van der Waals surface area contributed by atoms with Crippen LogP contribution in [0.4, 0.5) is 13.2 Å². The molecule has 11 heteroatoms. The quantitative estimate of drug-likeness (QED) is 0.458. The molecule has 0 aliphatic carbocycles. The van der Waals surface area contributed by atoms with E-state index in [4.69, 9.17) is 15.1 Å². The van der Waals surface area contributed by atoms with Crippen molar-refractivity contribution in [2.75, 3.05) is 13.1 Å². The highest BCUT2D eigenvalue weighted by atomic mass is 19.4. The van der Waals surface area contributed by atoms with Crippen LogP contribution in [0.15, 0.2) is 48.8 Å². The van der Waals surface area contributed by atoms with Gasteiger partial charge in [-0.05, 0) is 49.2 Å². The summed E-state index contributed by atoms with van der Waals surface area (Å²) >= 11 is 0. The largest absolute Gasteiger partial charge is 0.490 e. The normalized spacial score (nSPS) is 19.3. The van der Waals surface area contributed by atoms with E-state index in [9.17, 15) is 18.0 Å². The van der Waals surface area contributed by atoms with E-state index < -0.39 is 18.1 Å². The molecular weight excluding hydrogens is 441 g/mol. The number of amides is 1. The van der Waals surface area contributed by atoms with Gasteiger partial charge in [0, 0.05) is 56.2 Å². The Morgan fingerprint density at radius 3 is 1.94 bits per heavy atom. The zero-order valence-electron chi connectivity index (χ0n) is 18.3. The van der Waals surface area contributed by atoms with Gasteiger partial charge >= 0.3 is 12.1 Å². The zero-order chi connectivity index (χ0) is 24.6. The second kappa shape index (κ2) is 11.7. The molecule has 1 aromatic carbocycles. The van der Waals surface area contributed by atoms with Crippen molar-refractivity contribution in [2.45, 2.75) is 45.2 Å². The number of hydroxylamine groups is 1. The first-order chi connectivity index (χ1) is 15.5. The van der Waals surface area contributed by atoms with Crippen LogP contribution >= 0.6 is 0 Å². The van der Waals surface area contributed by atoms with Gasteiger partial charge in [0.15, 0.2) is 0 Å². The lowest BCUT2D eigenvalue weighted by atomic mass is 10.0. The van der Waals surface area contributed by atoms with Crippen molar-refractivity contribution in [2.24, 2.45) is 0 Å². The van der Waals surface area contributed by atoms with Gasteiger partial charge in [-0.15, -0.1) is 0 Å². The highest BCUT2D eigenvalue weighted by molar-refractivity contribution is 5.93. The van der Waals surface area contributed by atoms with Gasteiger partial charge in [-0.1, -0.05) is 12.1 Å². The van der Waals surface area contributed by atoms with Crippen LogP contribution in [0, 0.1) is 0 Å². The van der Waals surface area contributed by atoms with Crippen LogP contribution in [-0.4, -0.2) is 68.3 Å². The van der Waals surface area contributed by atoms with Crippen LogP contribution in [0.3, 0.4) is 0 Å². The molecule has 1 fully saturated rings. The molecule has 33 heavy (non-hydrogen) atoms. The maximum absolute atomic E-state index is 11.4. The van der Waals surface area contributed by atoms with Gasteiger partial charge in [0.2, 0.25) is 0 Å². The van der Waals surface area contributed by atoms with E-state index in [1.807, 2.05) is 24.5 Å². The Morgan fingerprint density at radius 1 is 1.00 bits per heavy atom. The number of carboxylic acid groups (broad SMARTS) is 1. The Morgan fingerprint density at radius 2 is 1.48 bits per heavy atom. The number of carbonyl (C=O) groups is 2. The van der Waals surface area contributed by atoms with Gasteiger partial charge in [-0.25, -0.2) is 10.3 Å². The fourth-order valence-electron chi connectivity index (χ4n) is 3.69. The van der Waals surface area contributed by atoms with E-state index in [0.717, 1.165) is 26.2 Å². The number of hydrogen-bond acceptors (Lipinski definition) is 6. The minimum atomic E-state index is -5.08. The highest BCUT2D eigenvalue weighted by Crippen LogP contribution is 2.20. The lowest BCUT2D eigenvalue weighted by molar-refractivity contribution is -0.192. The molecule has 2 atom stereocenters. The first kappa shape index (κ1) is 26.2. The molecule has 2 heterocycles. The predicted molar refractivity (Wildman–Crippen MR) is 113 cm³/mol. The summed E-state index contributed by atoms with van der Waals surface area (Å²) in [6, 6.07) is 12.5. The minimum Gasteiger partial charge on any atom is -0.475 e. The van der Waals surface area contributed by atoms with Crippen molar-refractivity contribution in [3.63, 3.8) is 0 Å². The maximum Gasteiger partial charge on any atom is 0.490 e. The Bertz CT molecular complexity index is 898. The average molecular weight is 468 g/mol. The van der Waals surface area contributed by atoms with Crippen molar-refractivity contribution in [1.29, 1.82) is 0 Å². The topological polar surface area (TPSA) is 106 Å². The van der Waals surface area contributed by atoms with Crippen molar-refractivity contribution in [3.8, 4) is 0 Å². The van der Waals surface area contributed by atoms with E-state index >= 15 is 0 Å². The van der Waals surface area contributed by atoms with Crippen molar-refractivity contribution < 1.29 is 33.1 Å². The summed E-state index contributed by atoms with van der Waals surface area (Å²) in [5.74, 6) is -3.24. The van der Waals surface area contributed by atoms with E-state index in [2.05, 4.69) is 40.8 Å². The molecule has 3 rings (SSSR count). The van der Waals surface area contributed by atoms with Crippen molar-refractivity contribution in [3.05, 3.63) is 65.5 Å². The molecule has 180 valence electrons. The molecule has 0 radical (unpaired) electrons. The average Bonchev–Trinajstić information content (AvgIpc) is 2.77. The van der Waals surface area contributed by atoms with Crippen molar-refractivity contribution >= 4 is 11.9 Å². The van der Waals surface area contributed by atoms with E-state index in [0.29, 0.717) is 17.6 Å². The Hall–Kier alpha value is -3.02. The van der Waals surface area contributed by atoms with Gasteiger partial charge in [0.25, 0.3) is 5.91 Å². The minimum absolute atomic E-state index is 0.458. The summed E-state index contributed by atoms with van der Waals surface area (Å²) in [5, 5.41) is 15.8. The van der Waals surface area contributed by atoms with Gasteiger partial charge < -0.3 is 5.11 Å². The first-order valence-electron chi connectivity index (χ1n) is 10.2. The predicted octanol–water partition coefficient (Wildman–Crippen LogP) is 2.93. The number of aliphatic carboxylic acids is 1. The Balaban J connectivity index is 0.000000479. The lowest BCUT2D eigenvalue weighted by Gasteiger charge is -2.44. The Kier molecular flexibility index (Phi) is 9.32. The summed E-state index contributed by atoms with van der Waals surface area (Å²) in [4.78, 5) is 29.4. The van der Waals surface area contributed by atoms with Crippen LogP contribution in [0.1, 0.15) is 35.3 Å². The van der Waals surface area contributed by atoms with Crippen LogP contribution in [0.25, 0.3) is 0 Å². The summed E-state index contributed by atoms with van der Waals surface area (Å²) in [5.41, 5.74) is 4.58.